The Labute approximate surface area is 166 Å². The standard InChI is InChI=1S/2C8H17.2C2H4OS.Sn/c2*1-3-5-7-8-6-4-2;2*1-2(3)4;/h2*1,3-8H2,2H3;2*1H3,(H,3,4);/q;;;;+2/p-2. The summed E-state index contributed by atoms with van der Waals surface area (Å²) in [4.78, 5) is 23.8. The van der Waals surface area contributed by atoms with Gasteiger partial charge in [-0.25, -0.2) is 0 Å². The van der Waals surface area contributed by atoms with Crippen LogP contribution in [0.3, 0.4) is 0 Å². The zero-order chi connectivity index (χ0) is 19.0. The topological polar surface area (TPSA) is 34.1 Å². The van der Waals surface area contributed by atoms with Crippen molar-refractivity contribution < 1.29 is 9.59 Å². The summed E-state index contributed by atoms with van der Waals surface area (Å²) in [5, 5.41) is 0.475. The summed E-state index contributed by atoms with van der Waals surface area (Å²) < 4.78 is 2.37. The van der Waals surface area contributed by atoms with Gasteiger partial charge in [0, 0.05) is 0 Å². The van der Waals surface area contributed by atoms with Crippen LogP contribution in [0.2, 0.25) is 8.87 Å². The summed E-state index contributed by atoms with van der Waals surface area (Å²) >= 11 is -2.79. The predicted molar refractivity (Wildman–Crippen MR) is 119 cm³/mol. The average Bonchev–Trinajstić information content (AvgIpc) is 2.53. The Morgan fingerprint density at radius 1 is 0.600 bits per heavy atom. The van der Waals surface area contributed by atoms with Crippen molar-refractivity contribution in [1.82, 2.24) is 0 Å². The van der Waals surface area contributed by atoms with Gasteiger partial charge in [0.05, 0.1) is 0 Å². The number of carbonyl (C=O) groups is 2. The molecule has 0 bridgehead atoms. The second kappa shape index (κ2) is 17.0. The van der Waals surface area contributed by atoms with Crippen molar-refractivity contribution >= 4 is 43.7 Å². The Kier molecular flexibility index (Phi) is 17.5. The molecule has 0 aliphatic heterocycles. The third kappa shape index (κ3) is 15.6. The molecule has 0 unspecified atom stereocenters. The average molecular weight is 495 g/mol. The summed E-state index contributed by atoms with van der Waals surface area (Å²) in [5.41, 5.74) is 0. The van der Waals surface area contributed by atoms with Crippen LogP contribution in [-0.4, -0.2) is 25.8 Å². The molecule has 0 aromatic carbocycles. The van der Waals surface area contributed by atoms with Gasteiger partial charge in [0.1, 0.15) is 0 Å². The van der Waals surface area contributed by atoms with Crippen molar-refractivity contribution in [2.45, 2.75) is 114 Å². The summed E-state index contributed by atoms with van der Waals surface area (Å²) in [7, 11) is 3.25. The predicted octanol–water partition coefficient (Wildman–Crippen LogP) is 7.71. The van der Waals surface area contributed by atoms with Crippen molar-refractivity contribution in [2.75, 3.05) is 0 Å². The molecule has 5 heteroatoms. The molecule has 25 heavy (non-hydrogen) atoms. The van der Waals surface area contributed by atoms with Crippen LogP contribution in [-0.2, 0) is 9.59 Å². The third-order valence-electron chi connectivity index (χ3n) is 4.48. The summed E-state index contributed by atoms with van der Waals surface area (Å²) in [5.74, 6) is 0. The quantitative estimate of drug-likeness (QED) is 0.162. The van der Waals surface area contributed by atoms with Gasteiger partial charge in [0.2, 0.25) is 0 Å². The fraction of sp³-hybridized carbons (Fsp3) is 0.900. The maximum absolute atomic E-state index is 11.9. The Morgan fingerprint density at radius 2 is 0.920 bits per heavy atom. The second-order valence-corrected chi connectivity index (χ2v) is 32.5. The van der Waals surface area contributed by atoms with Gasteiger partial charge >= 0.3 is 167 Å². The van der Waals surface area contributed by atoms with Crippen molar-refractivity contribution in [1.29, 1.82) is 0 Å². The fourth-order valence-electron chi connectivity index (χ4n) is 3.22. The molecule has 0 atom stereocenters. The number of hydrogen-bond donors (Lipinski definition) is 0. The summed E-state index contributed by atoms with van der Waals surface area (Å²) in [6, 6.07) is 0. The Bertz CT molecular complexity index is 328. The van der Waals surface area contributed by atoms with Crippen molar-refractivity contribution in [3.8, 4) is 0 Å². The molecule has 0 amide bonds. The zero-order valence-corrected chi connectivity index (χ0v) is 21.5. The molecule has 0 spiro atoms. The van der Waals surface area contributed by atoms with E-state index >= 15 is 0 Å². The first-order chi connectivity index (χ1) is 12.0. The normalized spacial score (nSPS) is 11.7. The molecule has 0 radical (unpaired) electrons. The van der Waals surface area contributed by atoms with E-state index < -0.39 is 15.6 Å². The van der Waals surface area contributed by atoms with Gasteiger partial charge in [0.15, 0.2) is 0 Å². The number of unbranched alkanes of at least 4 members (excludes halogenated alkanes) is 10. The van der Waals surface area contributed by atoms with Crippen LogP contribution in [0, 0.1) is 0 Å². The van der Waals surface area contributed by atoms with Crippen LogP contribution in [0.25, 0.3) is 0 Å². The van der Waals surface area contributed by atoms with Gasteiger partial charge in [-0.05, 0) is 0 Å². The molecule has 0 aliphatic rings. The first-order valence-corrected chi connectivity index (χ1v) is 23.0. The molecule has 0 saturated carbocycles. The summed E-state index contributed by atoms with van der Waals surface area (Å²) in [6.07, 6.45) is 15.5. The van der Waals surface area contributed by atoms with Gasteiger partial charge in [-0.15, -0.1) is 0 Å². The van der Waals surface area contributed by atoms with Gasteiger partial charge in [-0.1, -0.05) is 0 Å². The fourth-order valence-corrected chi connectivity index (χ4v) is 32.2. The van der Waals surface area contributed by atoms with Gasteiger partial charge < -0.3 is 0 Å². The molecule has 0 fully saturated rings. The molecule has 0 aromatic rings. The van der Waals surface area contributed by atoms with Crippen LogP contribution in [0.1, 0.15) is 105 Å². The maximum atomic E-state index is 11.9. The van der Waals surface area contributed by atoms with Crippen molar-refractivity contribution in [3.05, 3.63) is 0 Å². The SMILES string of the molecule is CCCCCCC[CH2][Sn]([CH2]CCCCCCC)([S]C(C)=O)[S]C(C)=O. The minimum atomic E-state index is -2.79. The van der Waals surface area contributed by atoms with Gasteiger partial charge in [0.25, 0.3) is 0 Å². The van der Waals surface area contributed by atoms with Crippen LogP contribution in [0.4, 0.5) is 0 Å². The first-order valence-electron chi connectivity index (χ1n) is 10.3. The van der Waals surface area contributed by atoms with E-state index in [0.717, 1.165) is 0 Å². The van der Waals surface area contributed by atoms with Crippen LogP contribution in [0.5, 0.6) is 0 Å². The van der Waals surface area contributed by atoms with E-state index in [1.54, 1.807) is 31.7 Å². The molecular weight excluding hydrogens is 455 g/mol. The molecule has 0 aliphatic carbocycles. The van der Waals surface area contributed by atoms with E-state index in [1.165, 1.54) is 85.9 Å². The van der Waals surface area contributed by atoms with E-state index in [9.17, 15) is 9.59 Å². The number of carbonyl (C=O) groups excluding carboxylic acids is 2. The Balaban J connectivity index is 4.52. The molecule has 0 rings (SSSR count). The van der Waals surface area contributed by atoms with Crippen LogP contribution >= 0.6 is 17.9 Å². The van der Waals surface area contributed by atoms with E-state index in [2.05, 4.69) is 13.8 Å². The molecular formula is C20H40O2S2Sn. The molecule has 0 aromatic heterocycles. The number of rotatable bonds is 16. The molecule has 0 N–H and O–H groups in total. The van der Waals surface area contributed by atoms with E-state index in [1.807, 2.05) is 0 Å². The molecule has 2 nitrogen and oxygen atoms in total. The number of hydrogen-bond acceptors (Lipinski definition) is 4. The summed E-state index contributed by atoms with van der Waals surface area (Å²) in [6.45, 7) is 7.88. The first kappa shape index (κ1) is 25.8. The van der Waals surface area contributed by atoms with Crippen molar-refractivity contribution in [2.24, 2.45) is 0 Å². The van der Waals surface area contributed by atoms with E-state index in [-0.39, 0.29) is 10.2 Å². The second-order valence-electron chi connectivity index (χ2n) is 7.13. The molecule has 0 heterocycles. The van der Waals surface area contributed by atoms with E-state index in [4.69, 9.17) is 0 Å². The van der Waals surface area contributed by atoms with Gasteiger partial charge in [-0.2, -0.15) is 0 Å². The third-order valence-corrected chi connectivity index (χ3v) is 32.3. The van der Waals surface area contributed by atoms with Crippen LogP contribution < -0.4 is 0 Å². The minimum absolute atomic E-state index is 0.238. The van der Waals surface area contributed by atoms with Gasteiger partial charge in [-0.3, -0.25) is 0 Å². The molecule has 0 saturated heterocycles. The molecule has 148 valence electrons. The van der Waals surface area contributed by atoms with Crippen molar-refractivity contribution in [3.63, 3.8) is 0 Å². The Hall–Kier alpha value is 0.839. The Morgan fingerprint density at radius 3 is 1.24 bits per heavy atom. The monoisotopic (exact) mass is 496 g/mol. The van der Waals surface area contributed by atoms with E-state index in [0.29, 0.717) is 0 Å². The zero-order valence-electron chi connectivity index (χ0n) is 17.0. The van der Waals surface area contributed by atoms with Crippen LogP contribution in [0.15, 0.2) is 0 Å².